The third-order valence-corrected chi connectivity index (χ3v) is 10.8. The Morgan fingerprint density at radius 2 is 1.68 bits per heavy atom. The summed E-state index contributed by atoms with van der Waals surface area (Å²) in [5.41, 5.74) is 1.07. The summed E-state index contributed by atoms with van der Waals surface area (Å²) < 4.78 is 12.1. The first-order valence-electron chi connectivity index (χ1n) is 10.3. The summed E-state index contributed by atoms with van der Waals surface area (Å²) in [4.78, 5) is 5.47. The standard InChI is InChI=1S/C19H44N2O2Si2/c1-10-22-25(9,23-11-2)16-17(3)14-20-12-13-21(19(4,5)6)15-18(20)24(7)8/h17-18,24H,10-16H2,1-9H3. The highest BCUT2D eigenvalue weighted by atomic mass is 28.4. The van der Waals surface area contributed by atoms with Gasteiger partial charge in [0.2, 0.25) is 0 Å². The molecule has 6 heteroatoms. The molecule has 150 valence electrons. The molecular weight excluding hydrogens is 344 g/mol. The van der Waals surface area contributed by atoms with E-state index in [1.54, 1.807) is 0 Å². The molecule has 0 saturated carbocycles. The van der Waals surface area contributed by atoms with Gasteiger partial charge in [-0.2, -0.15) is 0 Å². The van der Waals surface area contributed by atoms with Gasteiger partial charge in [0.1, 0.15) is 0 Å². The fraction of sp³-hybridized carbons (Fsp3) is 1.00. The van der Waals surface area contributed by atoms with Gasteiger partial charge in [-0.05, 0) is 53.1 Å². The molecule has 1 saturated heterocycles. The van der Waals surface area contributed by atoms with Gasteiger partial charge in [-0.15, -0.1) is 0 Å². The Labute approximate surface area is 160 Å². The van der Waals surface area contributed by atoms with Crippen LogP contribution in [-0.4, -0.2) is 77.8 Å². The molecule has 0 N–H and O–H groups in total. The maximum Gasteiger partial charge on any atom is 0.335 e. The van der Waals surface area contributed by atoms with Crippen molar-refractivity contribution in [2.24, 2.45) is 5.92 Å². The zero-order chi connectivity index (χ0) is 19.3. The quantitative estimate of drug-likeness (QED) is 0.564. The Bertz CT molecular complexity index is 382. The monoisotopic (exact) mass is 388 g/mol. The van der Waals surface area contributed by atoms with E-state index in [9.17, 15) is 0 Å². The normalized spacial score (nSPS) is 22.6. The van der Waals surface area contributed by atoms with Crippen molar-refractivity contribution in [3.8, 4) is 0 Å². The van der Waals surface area contributed by atoms with Crippen molar-refractivity contribution >= 4 is 17.4 Å². The van der Waals surface area contributed by atoms with Crippen molar-refractivity contribution in [1.82, 2.24) is 9.80 Å². The fourth-order valence-electron chi connectivity index (χ4n) is 4.18. The Kier molecular flexibility index (Phi) is 9.32. The average Bonchev–Trinajstić information content (AvgIpc) is 2.46. The first-order chi connectivity index (χ1) is 11.5. The summed E-state index contributed by atoms with van der Waals surface area (Å²) in [6.45, 7) is 27.2. The zero-order valence-electron chi connectivity index (χ0n) is 18.4. The van der Waals surface area contributed by atoms with Crippen LogP contribution in [0, 0.1) is 5.92 Å². The van der Waals surface area contributed by atoms with Gasteiger partial charge in [0, 0.05) is 50.6 Å². The van der Waals surface area contributed by atoms with E-state index in [4.69, 9.17) is 8.85 Å². The van der Waals surface area contributed by atoms with Gasteiger partial charge in [-0.3, -0.25) is 4.90 Å². The van der Waals surface area contributed by atoms with Crippen LogP contribution in [0.1, 0.15) is 41.5 Å². The third kappa shape index (κ3) is 7.42. The lowest BCUT2D eigenvalue weighted by atomic mass is 10.0. The van der Waals surface area contributed by atoms with Crippen molar-refractivity contribution < 1.29 is 8.85 Å². The van der Waals surface area contributed by atoms with Gasteiger partial charge in [-0.1, -0.05) is 20.0 Å². The van der Waals surface area contributed by atoms with Crippen LogP contribution in [0.15, 0.2) is 0 Å². The van der Waals surface area contributed by atoms with Crippen LogP contribution in [0.25, 0.3) is 0 Å². The predicted octanol–water partition coefficient (Wildman–Crippen LogP) is 3.58. The molecule has 0 bridgehead atoms. The highest BCUT2D eigenvalue weighted by molar-refractivity contribution is 6.66. The number of rotatable bonds is 9. The van der Waals surface area contributed by atoms with Gasteiger partial charge >= 0.3 is 8.56 Å². The van der Waals surface area contributed by atoms with Crippen molar-refractivity contribution in [2.75, 3.05) is 39.4 Å². The molecule has 1 heterocycles. The van der Waals surface area contributed by atoms with E-state index < -0.39 is 17.4 Å². The number of hydrogen-bond donors (Lipinski definition) is 0. The van der Waals surface area contributed by atoms with Gasteiger partial charge in [0.15, 0.2) is 0 Å². The second-order valence-electron chi connectivity index (χ2n) is 9.23. The molecule has 1 fully saturated rings. The third-order valence-electron chi connectivity index (χ3n) is 5.42. The van der Waals surface area contributed by atoms with Crippen LogP contribution in [0.2, 0.25) is 25.7 Å². The minimum Gasteiger partial charge on any atom is -0.395 e. The van der Waals surface area contributed by atoms with E-state index in [0.717, 1.165) is 24.9 Å². The fourth-order valence-corrected chi connectivity index (χ4v) is 8.91. The van der Waals surface area contributed by atoms with Crippen LogP contribution in [-0.2, 0) is 8.85 Å². The predicted molar refractivity (Wildman–Crippen MR) is 114 cm³/mol. The van der Waals surface area contributed by atoms with Gasteiger partial charge in [-0.25, -0.2) is 0 Å². The SMILES string of the molecule is CCO[Si](C)(CC(C)CN1CCN(C(C)(C)C)CC1[SiH](C)C)OCC. The molecule has 0 aromatic rings. The van der Waals surface area contributed by atoms with E-state index in [0.29, 0.717) is 5.92 Å². The smallest absolute Gasteiger partial charge is 0.335 e. The Hall–Kier alpha value is 0.274. The molecular formula is C19H44N2O2Si2. The van der Waals surface area contributed by atoms with Crippen LogP contribution in [0.5, 0.6) is 0 Å². The highest BCUT2D eigenvalue weighted by Gasteiger charge is 2.37. The van der Waals surface area contributed by atoms with Gasteiger partial charge < -0.3 is 13.8 Å². The number of piperazine rings is 1. The summed E-state index contributed by atoms with van der Waals surface area (Å²) >= 11 is 0. The minimum absolute atomic E-state index is 0.286. The maximum atomic E-state index is 6.06. The van der Waals surface area contributed by atoms with E-state index >= 15 is 0 Å². The molecule has 1 aliphatic rings. The Morgan fingerprint density at radius 3 is 2.12 bits per heavy atom. The van der Waals surface area contributed by atoms with Crippen molar-refractivity contribution in [2.45, 2.75) is 78.4 Å². The van der Waals surface area contributed by atoms with Crippen molar-refractivity contribution in [1.29, 1.82) is 0 Å². The van der Waals surface area contributed by atoms with Crippen LogP contribution in [0.4, 0.5) is 0 Å². The first-order valence-corrected chi connectivity index (χ1v) is 15.8. The summed E-state index contributed by atoms with van der Waals surface area (Å²) in [6.07, 6.45) is 0. The average molecular weight is 389 g/mol. The summed E-state index contributed by atoms with van der Waals surface area (Å²) in [7, 11) is -2.74. The van der Waals surface area contributed by atoms with Crippen LogP contribution < -0.4 is 0 Å². The molecule has 0 aromatic heterocycles. The van der Waals surface area contributed by atoms with Crippen molar-refractivity contribution in [3.63, 3.8) is 0 Å². The molecule has 2 unspecified atom stereocenters. The molecule has 25 heavy (non-hydrogen) atoms. The summed E-state index contributed by atoms with van der Waals surface area (Å²) in [5.74, 6) is 0.631. The van der Waals surface area contributed by atoms with E-state index in [1.165, 1.54) is 26.2 Å². The van der Waals surface area contributed by atoms with Crippen LogP contribution in [0.3, 0.4) is 0 Å². The molecule has 0 aromatic carbocycles. The first kappa shape index (κ1) is 23.3. The maximum absolute atomic E-state index is 6.06. The molecule has 0 amide bonds. The zero-order valence-corrected chi connectivity index (χ0v) is 20.5. The summed E-state index contributed by atoms with van der Waals surface area (Å²) in [5, 5.41) is 0. The molecule has 0 radical (unpaired) electrons. The molecule has 1 rings (SSSR count). The van der Waals surface area contributed by atoms with Crippen LogP contribution >= 0.6 is 0 Å². The minimum atomic E-state index is -2.02. The lowest BCUT2D eigenvalue weighted by Crippen LogP contribution is -2.62. The van der Waals surface area contributed by atoms with Gasteiger partial charge in [0.25, 0.3) is 0 Å². The van der Waals surface area contributed by atoms with Crippen molar-refractivity contribution in [3.05, 3.63) is 0 Å². The molecule has 1 aliphatic heterocycles. The van der Waals surface area contributed by atoms with E-state index in [2.05, 4.69) is 71.0 Å². The Morgan fingerprint density at radius 1 is 1.12 bits per heavy atom. The summed E-state index contributed by atoms with van der Waals surface area (Å²) in [6, 6.07) is 1.10. The second kappa shape index (κ2) is 9.99. The van der Waals surface area contributed by atoms with Gasteiger partial charge in [0.05, 0.1) is 8.80 Å². The van der Waals surface area contributed by atoms with E-state index in [1.807, 2.05) is 0 Å². The highest BCUT2D eigenvalue weighted by Crippen LogP contribution is 2.25. The lowest BCUT2D eigenvalue weighted by Gasteiger charge is -2.49. The number of hydrogen-bond acceptors (Lipinski definition) is 4. The molecule has 0 spiro atoms. The topological polar surface area (TPSA) is 24.9 Å². The van der Waals surface area contributed by atoms with E-state index in [-0.39, 0.29) is 5.54 Å². The lowest BCUT2D eigenvalue weighted by molar-refractivity contribution is 0.0406. The molecule has 4 nitrogen and oxygen atoms in total. The Balaban J connectivity index is 2.70. The largest absolute Gasteiger partial charge is 0.395 e. The number of nitrogens with zero attached hydrogens (tertiary/aromatic N) is 2. The molecule has 0 aliphatic carbocycles. The molecule has 2 atom stereocenters. The second-order valence-corrected chi connectivity index (χ2v) is 15.7.